The molecule has 0 aromatic carbocycles. The van der Waals surface area contributed by atoms with E-state index in [2.05, 4.69) is 38.2 Å². The quantitative estimate of drug-likeness (QED) is 0.681. The van der Waals surface area contributed by atoms with Gasteiger partial charge >= 0.3 is 0 Å². The topological polar surface area (TPSA) is 15.3 Å². The van der Waals surface area contributed by atoms with E-state index >= 15 is 0 Å². The van der Waals surface area contributed by atoms with E-state index < -0.39 is 0 Å². The van der Waals surface area contributed by atoms with E-state index in [4.69, 9.17) is 0 Å². The number of rotatable bonds is 4. The van der Waals surface area contributed by atoms with Crippen LogP contribution in [-0.4, -0.2) is 38.1 Å². The predicted molar refractivity (Wildman–Crippen MR) is 53.3 cm³/mol. The van der Waals surface area contributed by atoms with Crippen LogP contribution in [0.15, 0.2) is 0 Å². The zero-order chi connectivity index (χ0) is 9.14. The molecule has 1 saturated heterocycles. The van der Waals surface area contributed by atoms with E-state index in [0.717, 1.165) is 17.9 Å². The molecule has 1 heterocycles. The molecule has 2 heteroatoms. The van der Waals surface area contributed by atoms with Gasteiger partial charge in [0.25, 0.3) is 0 Å². The van der Waals surface area contributed by atoms with E-state index in [1.165, 1.54) is 19.5 Å². The van der Waals surface area contributed by atoms with E-state index in [9.17, 15) is 0 Å². The van der Waals surface area contributed by atoms with Gasteiger partial charge in [0, 0.05) is 19.1 Å². The summed E-state index contributed by atoms with van der Waals surface area (Å²) in [6.07, 6.45) is 1.33. The van der Waals surface area contributed by atoms with Gasteiger partial charge in [-0.3, -0.25) is 0 Å². The van der Waals surface area contributed by atoms with Crippen molar-refractivity contribution in [3.63, 3.8) is 0 Å². The van der Waals surface area contributed by atoms with E-state index in [-0.39, 0.29) is 0 Å². The van der Waals surface area contributed by atoms with Crippen LogP contribution in [0.4, 0.5) is 0 Å². The van der Waals surface area contributed by atoms with Gasteiger partial charge in [-0.2, -0.15) is 0 Å². The van der Waals surface area contributed by atoms with Crippen LogP contribution in [0.25, 0.3) is 0 Å². The second-order valence-electron chi connectivity index (χ2n) is 4.58. The molecule has 0 saturated carbocycles. The average Bonchev–Trinajstić information content (AvgIpc) is 1.80. The molecule has 0 amide bonds. The van der Waals surface area contributed by atoms with Gasteiger partial charge in [0.05, 0.1) is 0 Å². The molecule has 1 fully saturated rings. The zero-order valence-electron chi connectivity index (χ0n) is 8.80. The second-order valence-corrected chi connectivity index (χ2v) is 4.58. The van der Waals surface area contributed by atoms with Crippen molar-refractivity contribution in [2.75, 3.05) is 27.2 Å². The molecule has 1 atom stereocenters. The molecule has 0 aromatic rings. The summed E-state index contributed by atoms with van der Waals surface area (Å²) in [7, 11) is 4.40. The molecule has 0 radical (unpaired) electrons. The van der Waals surface area contributed by atoms with E-state index in [1.54, 1.807) is 0 Å². The molecule has 1 N–H and O–H groups in total. The highest BCUT2D eigenvalue weighted by molar-refractivity contribution is 4.86. The summed E-state index contributed by atoms with van der Waals surface area (Å²) >= 11 is 0. The monoisotopic (exact) mass is 170 g/mol. The van der Waals surface area contributed by atoms with Crippen molar-refractivity contribution in [1.82, 2.24) is 10.2 Å². The van der Waals surface area contributed by atoms with Crippen LogP contribution in [-0.2, 0) is 0 Å². The summed E-state index contributed by atoms with van der Waals surface area (Å²) in [5.41, 5.74) is 0. The summed E-state index contributed by atoms with van der Waals surface area (Å²) in [5.74, 6) is 1.71. The second kappa shape index (κ2) is 4.24. The Balaban J connectivity index is 2.37. The van der Waals surface area contributed by atoms with Gasteiger partial charge in [0.2, 0.25) is 0 Å². The fourth-order valence-corrected chi connectivity index (χ4v) is 1.89. The minimum Gasteiger partial charge on any atom is -0.316 e. The SMILES string of the molecule is CC(C)CC(C1CNC1)N(C)C. The lowest BCUT2D eigenvalue weighted by molar-refractivity contribution is 0.138. The van der Waals surface area contributed by atoms with Crippen molar-refractivity contribution in [3.8, 4) is 0 Å². The Bertz CT molecular complexity index is 128. The standard InChI is InChI=1S/C10H22N2/c1-8(2)5-10(12(3)4)9-6-11-7-9/h8-11H,5-7H2,1-4H3. The van der Waals surface area contributed by atoms with Gasteiger partial charge in [-0.05, 0) is 32.4 Å². The molecule has 0 bridgehead atoms. The highest BCUT2D eigenvalue weighted by Crippen LogP contribution is 2.20. The normalized spacial score (nSPS) is 21.5. The first-order valence-corrected chi connectivity index (χ1v) is 4.98. The van der Waals surface area contributed by atoms with Crippen LogP contribution in [0.5, 0.6) is 0 Å². The Morgan fingerprint density at radius 3 is 2.17 bits per heavy atom. The molecule has 0 spiro atoms. The van der Waals surface area contributed by atoms with E-state index in [0.29, 0.717) is 0 Å². The van der Waals surface area contributed by atoms with Crippen molar-refractivity contribution in [2.45, 2.75) is 26.3 Å². The summed E-state index contributed by atoms with van der Waals surface area (Å²) in [6.45, 7) is 7.05. The molecule has 1 rings (SSSR count). The Hall–Kier alpha value is -0.0800. The molecule has 72 valence electrons. The molecule has 2 nitrogen and oxygen atoms in total. The lowest BCUT2D eigenvalue weighted by atomic mass is 9.87. The maximum Gasteiger partial charge on any atom is 0.0144 e. The summed E-state index contributed by atoms with van der Waals surface area (Å²) in [4.78, 5) is 2.38. The first-order chi connectivity index (χ1) is 5.61. The molecule has 1 aliphatic heterocycles. The van der Waals surface area contributed by atoms with Crippen molar-refractivity contribution >= 4 is 0 Å². The number of nitrogens with zero attached hydrogens (tertiary/aromatic N) is 1. The van der Waals surface area contributed by atoms with Gasteiger partial charge in [0.15, 0.2) is 0 Å². The average molecular weight is 170 g/mol. The van der Waals surface area contributed by atoms with Gasteiger partial charge in [-0.1, -0.05) is 13.8 Å². The molecule has 12 heavy (non-hydrogen) atoms. The summed E-state index contributed by atoms with van der Waals surface area (Å²) in [6, 6.07) is 0.784. The lowest BCUT2D eigenvalue weighted by Crippen LogP contribution is -2.53. The molecule has 0 aromatic heterocycles. The Morgan fingerprint density at radius 2 is 1.92 bits per heavy atom. The minimum absolute atomic E-state index is 0.784. The Morgan fingerprint density at radius 1 is 1.33 bits per heavy atom. The molecule has 0 aliphatic carbocycles. The van der Waals surface area contributed by atoms with Crippen LogP contribution in [0.1, 0.15) is 20.3 Å². The van der Waals surface area contributed by atoms with Crippen LogP contribution in [0.2, 0.25) is 0 Å². The minimum atomic E-state index is 0.784. The van der Waals surface area contributed by atoms with E-state index in [1.807, 2.05) is 0 Å². The first-order valence-electron chi connectivity index (χ1n) is 4.98. The smallest absolute Gasteiger partial charge is 0.0144 e. The Labute approximate surface area is 76.3 Å². The van der Waals surface area contributed by atoms with Gasteiger partial charge in [-0.15, -0.1) is 0 Å². The lowest BCUT2D eigenvalue weighted by Gasteiger charge is -2.39. The number of hydrogen-bond acceptors (Lipinski definition) is 2. The fourth-order valence-electron chi connectivity index (χ4n) is 1.89. The first kappa shape index (κ1) is 10.0. The largest absolute Gasteiger partial charge is 0.316 e. The third-order valence-corrected chi connectivity index (χ3v) is 2.73. The van der Waals surface area contributed by atoms with Crippen LogP contribution in [0.3, 0.4) is 0 Å². The number of hydrogen-bond donors (Lipinski definition) is 1. The van der Waals surface area contributed by atoms with Crippen molar-refractivity contribution in [2.24, 2.45) is 11.8 Å². The molecular weight excluding hydrogens is 148 g/mol. The molecular formula is C10H22N2. The highest BCUT2D eigenvalue weighted by Gasteiger charge is 2.28. The van der Waals surface area contributed by atoms with Gasteiger partial charge < -0.3 is 10.2 Å². The van der Waals surface area contributed by atoms with Crippen molar-refractivity contribution in [1.29, 1.82) is 0 Å². The maximum absolute atomic E-state index is 3.34. The predicted octanol–water partition coefficient (Wildman–Crippen LogP) is 1.18. The molecule has 1 aliphatic rings. The third-order valence-electron chi connectivity index (χ3n) is 2.73. The summed E-state index contributed by atoms with van der Waals surface area (Å²) < 4.78 is 0. The third kappa shape index (κ3) is 2.46. The van der Waals surface area contributed by atoms with Gasteiger partial charge in [-0.25, -0.2) is 0 Å². The van der Waals surface area contributed by atoms with Crippen LogP contribution < -0.4 is 5.32 Å². The van der Waals surface area contributed by atoms with Gasteiger partial charge in [0.1, 0.15) is 0 Å². The summed E-state index contributed by atoms with van der Waals surface area (Å²) in [5, 5.41) is 3.34. The fraction of sp³-hybridized carbons (Fsp3) is 1.00. The maximum atomic E-state index is 3.34. The highest BCUT2D eigenvalue weighted by atomic mass is 15.1. The Kier molecular flexibility index (Phi) is 3.53. The van der Waals surface area contributed by atoms with Crippen molar-refractivity contribution < 1.29 is 0 Å². The number of nitrogens with one attached hydrogen (secondary N) is 1. The van der Waals surface area contributed by atoms with Crippen LogP contribution >= 0.6 is 0 Å². The zero-order valence-corrected chi connectivity index (χ0v) is 8.80. The molecule has 1 unspecified atom stereocenters. The van der Waals surface area contributed by atoms with Crippen molar-refractivity contribution in [3.05, 3.63) is 0 Å². The van der Waals surface area contributed by atoms with Crippen LogP contribution in [0, 0.1) is 11.8 Å².